The molecule has 0 saturated heterocycles. The first-order chi connectivity index (χ1) is 8.17. The van der Waals surface area contributed by atoms with E-state index in [0.717, 1.165) is 6.07 Å². The molecule has 0 fully saturated rings. The van der Waals surface area contributed by atoms with Crippen LogP contribution >= 0.6 is 0 Å². The molecule has 0 bridgehead atoms. The first-order valence-electron chi connectivity index (χ1n) is 5.43. The van der Waals surface area contributed by atoms with E-state index >= 15 is 0 Å². The van der Waals surface area contributed by atoms with Gasteiger partial charge in [0.05, 0.1) is 13.2 Å². The van der Waals surface area contributed by atoms with Gasteiger partial charge in [0.15, 0.2) is 0 Å². The maximum atomic E-state index is 13.4. The van der Waals surface area contributed by atoms with Gasteiger partial charge >= 0.3 is 0 Å². The smallest absolute Gasteiger partial charge is 0.130 e. The summed E-state index contributed by atoms with van der Waals surface area (Å²) in [7, 11) is 1.58. The average Bonchev–Trinajstić information content (AvgIpc) is 2.29. The maximum Gasteiger partial charge on any atom is 0.130 e. The van der Waals surface area contributed by atoms with Crippen LogP contribution in [0.1, 0.15) is 5.56 Å². The molecule has 0 aliphatic carbocycles. The zero-order valence-electron chi connectivity index (χ0n) is 9.83. The third-order valence-electron chi connectivity index (χ3n) is 2.44. The number of aliphatic hydroxyl groups excluding tert-OH is 1. The van der Waals surface area contributed by atoms with Crippen molar-refractivity contribution in [2.75, 3.05) is 33.4 Å². The number of methoxy groups -OCH3 is 1. The molecule has 0 spiro atoms. The summed E-state index contributed by atoms with van der Waals surface area (Å²) in [5.41, 5.74) is 0.413. The summed E-state index contributed by atoms with van der Waals surface area (Å²) in [5, 5.41) is 8.89. The van der Waals surface area contributed by atoms with Crippen LogP contribution in [0.2, 0.25) is 0 Å². The molecule has 1 aromatic carbocycles. The van der Waals surface area contributed by atoms with Gasteiger partial charge in [-0.2, -0.15) is 0 Å². The van der Waals surface area contributed by atoms with Crippen LogP contribution in [0, 0.1) is 11.6 Å². The molecule has 0 amide bonds. The lowest BCUT2D eigenvalue weighted by molar-refractivity contribution is 0.126. The fraction of sp³-hybridized carbons (Fsp3) is 0.500. The summed E-state index contributed by atoms with van der Waals surface area (Å²) in [5.74, 6) is -1.15. The topological polar surface area (TPSA) is 32.7 Å². The fourth-order valence-corrected chi connectivity index (χ4v) is 1.52. The van der Waals surface area contributed by atoms with Gasteiger partial charge in [-0.1, -0.05) is 6.07 Å². The number of halogens is 2. The summed E-state index contributed by atoms with van der Waals surface area (Å²) in [6.45, 7) is 1.85. The highest BCUT2D eigenvalue weighted by molar-refractivity contribution is 5.18. The third kappa shape index (κ3) is 4.77. The van der Waals surface area contributed by atoms with E-state index in [2.05, 4.69) is 0 Å². The van der Waals surface area contributed by atoms with E-state index in [0.29, 0.717) is 31.8 Å². The standard InChI is InChI=1S/C12H17F2NO2/c1-17-7-5-15(4-6-16)9-10-2-3-11(13)8-12(10)14/h2-3,8,16H,4-7,9H2,1H3. The van der Waals surface area contributed by atoms with Crippen molar-refractivity contribution in [3.8, 4) is 0 Å². The first kappa shape index (κ1) is 14.0. The van der Waals surface area contributed by atoms with Crippen molar-refractivity contribution in [2.45, 2.75) is 6.54 Å². The van der Waals surface area contributed by atoms with Crippen molar-refractivity contribution in [1.82, 2.24) is 4.90 Å². The Hall–Kier alpha value is -1.04. The van der Waals surface area contributed by atoms with Crippen LogP contribution in [0.3, 0.4) is 0 Å². The van der Waals surface area contributed by atoms with E-state index in [9.17, 15) is 8.78 Å². The molecule has 1 aromatic rings. The molecule has 0 heterocycles. The van der Waals surface area contributed by atoms with Gasteiger partial charge in [0.25, 0.3) is 0 Å². The second-order valence-electron chi connectivity index (χ2n) is 3.73. The molecule has 0 atom stereocenters. The zero-order chi connectivity index (χ0) is 12.7. The Balaban J connectivity index is 2.64. The minimum absolute atomic E-state index is 0.00741. The average molecular weight is 245 g/mol. The predicted octanol–water partition coefficient (Wildman–Crippen LogP) is 1.41. The first-order valence-corrected chi connectivity index (χ1v) is 5.43. The Morgan fingerprint density at radius 3 is 2.65 bits per heavy atom. The summed E-state index contributed by atoms with van der Waals surface area (Å²) in [6.07, 6.45) is 0. The molecule has 3 nitrogen and oxygen atoms in total. The highest BCUT2D eigenvalue weighted by Gasteiger charge is 2.09. The van der Waals surface area contributed by atoms with Crippen molar-refractivity contribution < 1.29 is 18.6 Å². The summed E-state index contributed by atoms with van der Waals surface area (Å²) in [6, 6.07) is 3.51. The van der Waals surface area contributed by atoms with Crippen molar-refractivity contribution in [3.05, 3.63) is 35.4 Å². The van der Waals surface area contributed by atoms with E-state index in [1.165, 1.54) is 12.1 Å². The van der Waals surface area contributed by atoms with E-state index in [4.69, 9.17) is 9.84 Å². The highest BCUT2D eigenvalue weighted by atomic mass is 19.1. The van der Waals surface area contributed by atoms with Gasteiger partial charge in [-0.3, -0.25) is 4.90 Å². The Morgan fingerprint density at radius 1 is 1.29 bits per heavy atom. The van der Waals surface area contributed by atoms with Gasteiger partial charge in [0.1, 0.15) is 11.6 Å². The van der Waals surface area contributed by atoms with E-state index in [1.807, 2.05) is 4.90 Å². The van der Waals surface area contributed by atoms with Crippen LogP contribution in [0.5, 0.6) is 0 Å². The number of nitrogens with zero attached hydrogens (tertiary/aromatic N) is 1. The van der Waals surface area contributed by atoms with Crippen molar-refractivity contribution >= 4 is 0 Å². The Labute approximate surface area is 99.6 Å². The third-order valence-corrected chi connectivity index (χ3v) is 2.44. The Morgan fingerprint density at radius 2 is 2.06 bits per heavy atom. The monoisotopic (exact) mass is 245 g/mol. The number of aliphatic hydroxyl groups is 1. The molecule has 0 aliphatic rings. The zero-order valence-corrected chi connectivity index (χ0v) is 9.83. The predicted molar refractivity (Wildman–Crippen MR) is 60.6 cm³/mol. The molecular formula is C12H17F2NO2. The summed E-state index contributed by atoms with van der Waals surface area (Å²) in [4.78, 5) is 1.85. The summed E-state index contributed by atoms with van der Waals surface area (Å²) < 4.78 is 31.1. The van der Waals surface area contributed by atoms with Gasteiger partial charge < -0.3 is 9.84 Å². The molecular weight excluding hydrogens is 228 g/mol. The molecule has 5 heteroatoms. The van der Waals surface area contributed by atoms with Gasteiger partial charge in [0, 0.05) is 38.4 Å². The SMILES string of the molecule is COCCN(CCO)Cc1ccc(F)cc1F. The van der Waals surface area contributed by atoms with Crippen molar-refractivity contribution in [1.29, 1.82) is 0 Å². The molecule has 96 valence electrons. The van der Waals surface area contributed by atoms with E-state index in [1.54, 1.807) is 7.11 Å². The van der Waals surface area contributed by atoms with Crippen LogP contribution in [-0.4, -0.2) is 43.4 Å². The minimum atomic E-state index is -0.586. The van der Waals surface area contributed by atoms with Crippen LogP contribution in [0.25, 0.3) is 0 Å². The molecule has 1 rings (SSSR count). The van der Waals surface area contributed by atoms with Crippen LogP contribution in [0.15, 0.2) is 18.2 Å². The van der Waals surface area contributed by atoms with Crippen LogP contribution < -0.4 is 0 Å². The Bertz CT molecular complexity index is 347. The number of hydrogen-bond acceptors (Lipinski definition) is 3. The second kappa shape index (κ2) is 7.32. The number of hydrogen-bond donors (Lipinski definition) is 1. The van der Waals surface area contributed by atoms with Crippen LogP contribution in [0.4, 0.5) is 8.78 Å². The molecule has 0 aliphatic heterocycles. The lowest BCUT2D eigenvalue weighted by Gasteiger charge is -2.21. The number of ether oxygens (including phenoxy) is 1. The normalized spacial score (nSPS) is 11.1. The number of benzene rings is 1. The molecule has 0 saturated carbocycles. The Kier molecular flexibility index (Phi) is 6.04. The van der Waals surface area contributed by atoms with Crippen LogP contribution in [-0.2, 0) is 11.3 Å². The van der Waals surface area contributed by atoms with Crippen molar-refractivity contribution in [3.63, 3.8) is 0 Å². The minimum Gasteiger partial charge on any atom is -0.395 e. The largest absolute Gasteiger partial charge is 0.395 e. The summed E-state index contributed by atoms with van der Waals surface area (Å²) >= 11 is 0. The van der Waals surface area contributed by atoms with Gasteiger partial charge in [-0.05, 0) is 6.07 Å². The quantitative estimate of drug-likeness (QED) is 0.788. The fourth-order valence-electron chi connectivity index (χ4n) is 1.52. The lowest BCUT2D eigenvalue weighted by atomic mass is 10.2. The maximum absolute atomic E-state index is 13.4. The van der Waals surface area contributed by atoms with E-state index < -0.39 is 11.6 Å². The van der Waals surface area contributed by atoms with Gasteiger partial charge in [-0.15, -0.1) is 0 Å². The molecule has 0 radical (unpaired) electrons. The highest BCUT2D eigenvalue weighted by Crippen LogP contribution is 2.12. The number of rotatable bonds is 7. The van der Waals surface area contributed by atoms with E-state index in [-0.39, 0.29) is 6.61 Å². The van der Waals surface area contributed by atoms with Crippen molar-refractivity contribution in [2.24, 2.45) is 0 Å². The molecule has 17 heavy (non-hydrogen) atoms. The molecule has 1 N–H and O–H groups in total. The molecule has 0 unspecified atom stereocenters. The molecule has 0 aromatic heterocycles. The second-order valence-corrected chi connectivity index (χ2v) is 3.73. The van der Waals surface area contributed by atoms with Gasteiger partial charge in [-0.25, -0.2) is 8.78 Å². The van der Waals surface area contributed by atoms with Gasteiger partial charge in [0.2, 0.25) is 0 Å². The lowest BCUT2D eigenvalue weighted by Crippen LogP contribution is -2.30.